The molecule has 2 fully saturated rings. The largest absolute Gasteiger partial charge is 0.335 e. The monoisotopic (exact) mass is 532 g/mol. The average Bonchev–Trinajstić information content (AvgIpc) is 3.65. The number of likely N-dealkylation sites (tertiary alicyclic amines) is 1. The molecule has 0 radical (unpaired) electrons. The number of halogens is 2. The number of fused-ring (bicyclic) bond motifs is 1. The maximum atomic E-state index is 13.7. The van der Waals surface area contributed by atoms with Gasteiger partial charge in [-0.05, 0) is 79.7 Å². The third kappa shape index (κ3) is 4.83. The van der Waals surface area contributed by atoms with Crippen molar-refractivity contribution in [2.45, 2.75) is 37.6 Å². The van der Waals surface area contributed by atoms with Crippen LogP contribution in [0.1, 0.15) is 52.2 Å². The van der Waals surface area contributed by atoms with Crippen LogP contribution in [0.15, 0.2) is 72.8 Å². The van der Waals surface area contributed by atoms with Crippen LogP contribution >= 0.6 is 23.2 Å². The van der Waals surface area contributed by atoms with Crippen molar-refractivity contribution in [3.05, 3.63) is 105 Å². The average molecular weight is 533 g/mol. The Balaban J connectivity index is 1.06. The lowest BCUT2D eigenvalue weighted by molar-refractivity contribution is -0.126. The Morgan fingerprint density at radius 1 is 0.892 bits per heavy atom. The van der Waals surface area contributed by atoms with Gasteiger partial charge in [0.2, 0.25) is 5.91 Å². The van der Waals surface area contributed by atoms with E-state index < -0.39 is 0 Å². The Hall–Kier alpha value is -2.66. The van der Waals surface area contributed by atoms with Gasteiger partial charge in [0.15, 0.2) is 5.78 Å². The van der Waals surface area contributed by atoms with Crippen LogP contribution in [-0.2, 0) is 11.2 Å². The van der Waals surface area contributed by atoms with Crippen molar-refractivity contribution in [3.8, 4) is 0 Å². The molecule has 0 bridgehead atoms. The smallest absolute Gasteiger partial charge is 0.234 e. The van der Waals surface area contributed by atoms with E-state index in [1.807, 2.05) is 71.6 Å². The van der Waals surface area contributed by atoms with E-state index in [0.29, 0.717) is 15.8 Å². The number of hydrogen-bond donors (Lipinski definition) is 0. The van der Waals surface area contributed by atoms with E-state index in [9.17, 15) is 9.59 Å². The van der Waals surface area contributed by atoms with Crippen LogP contribution in [0.4, 0.5) is 0 Å². The normalized spacial score (nSPS) is 20.5. The van der Waals surface area contributed by atoms with Gasteiger partial charge >= 0.3 is 0 Å². The van der Waals surface area contributed by atoms with Crippen LogP contribution in [0.25, 0.3) is 0 Å². The number of Topliss-reactive ketones (excluding diaryl/α,β-unsaturated/α-hetero) is 1. The van der Waals surface area contributed by atoms with Crippen LogP contribution in [0.2, 0.25) is 10.0 Å². The number of benzene rings is 3. The molecule has 190 valence electrons. The molecular formula is C31H30Cl2N2O2. The summed E-state index contributed by atoms with van der Waals surface area (Å²) >= 11 is 12.2. The van der Waals surface area contributed by atoms with Crippen LogP contribution in [0.5, 0.6) is 0 Å². The second kappa shape index (κ2) is 9.90. The summed E-state index contributed by atoms with van der Waals surface area (Å²) in [6.07, 6.45) is 3.68. The molecule has 1 unspecified atom stereocenters. The van der Waals surface area contributed by atoms with E-state index in [1.54, 1.807) is 0 Å². The van der Waals surface area contributed by atoms with E-state index in [2.05, 4.69) is 11.0 Å². The molecule has 6 heteroatoms. The Kier molecular flexibility index (Phi) is 6.60. The zero-order valence-electron chi connectivity index (χ0n) is 20.7. The summed E-state index contributed by atoms with van der Waals surface area (Å²) in [6, 6.07) is 23.4. The minimum absolute atomic E-state index is 0.126. The Morgan fingerprint density at radius 2 is 1.49 bits per heavy atom. The van der Waals surface area contributed by atoms with Gasteiger partial charge < -0.3 is 9.80 Å². The lowest BCUT2D eigenvalue weighted by atomic mass is 9.75. The second-order valence-electron chi connectivity index (χ2n) is 10.8. The molecule has 2 aliphatic heterocycles. The van der Waals surface area contributed by atoms with Crippen molar-refractivity contribution in [2.75, 3.05) is 26.2 Å². The molecule has 37 heavy (non-hydrogen) atoms. The molecule has 1 atom stereocenters. The van der Waals surface area contributed by atoms with Gasteiger partial charge in [0.1, 0.15) is 0 Å². The van der Waals surface area contributed by atoms with Gasteiger partial charge in [-0.15, -0.1) is 0 Å². The third-order valence-corrected chi connectivity index (χ3v) is 9.02. The van der Waals surface area contributed by atoms with Crippen LogP contribution in [0, 0.1) is 5.41 Å². The molecule has 0 saturated carbocycles. The first-order valence-corrected chi connectivity index (χ1v) is 13.9. The number of amides is 1. The third-order valence-electron chi connectivity index (χ3n) is 8.52. The second-order valence-corrected chi connectivity index (χ2v) is 11.6. The molecule has 6 rings (SSSR count). The van der Waals surface area contributed by atoms with E-state index in [-0.39, 0.29) is 23.3 Å². The number of carbonyl (C=O) groups excluding carboxylic acids is 2. The molecule has 3 aromatic rings. The molecule has 3 aromatic carbocycles. The summed E-state index contributed by atoms with van der Waals surface area (Å²) in [5, 5.41) is 1.31. The summed E-state index contributed by atoms with van der Waals surface area (Å²) in [5.41, 5.74) is 3.81. The highest BCUT2D eigenvalue weighted by atomic mass is 35.5. The topological polar surface area (TPSA) is 40.4 Å². The fourth-order valence-corrected chi connectivity index (χ4v) is 6.47. The highest BCUT2D eigenvalue weighted by Gasteiger charge is 2.47. The minimum Gasteiger partial charge on any atom is -0.335 e. The van der Waals surface area contributed by atoms with Gasteiger partial charge in [-0.1, -0.05) is 71.7 Å². The predicted octanol–water partition coefficient (Wildman–Crippen LogP) is 6.25. The molecule has 2 heterocycles. The first-order valence-electron chi connectivity index (χ1n) is 13.1. The Bertz CT molecular complexity index is 1270. The van der Waals surface area contributed by atoms with Crippen molar-refractivity contribution in [1.82, 2.24) is 9.80 Å². The van der Waals surface area contributed by atoms with Crippen molar-refractivity contribution < 1.29 is 9.59 Å². The van der Waals surface area contributed by atoms with Gasteiger partial charge in [-0.2, -0.15) is 0 Å². The molecule has 3 aliphatic rings. The maximum Gasteiger partial charge on any atom is 0.234 e. The van der Waals surface area contributed by atoms with Crippen LogP contribution < -0.4 is 0 Å². The Labute approximate surface area is 228 Å². The summed E-state index contributed by atoms with van der Waals surface area (Å²) < 4.78 is 0. The van der Waals surface area contributed by atoms with Crippen molar-refractivity contribution in [2.24, 2.45) is 5.41 Å². The molecule has 2 saturated heterocycles. The van der Waals surface area contributed by atoms with E-state index in [1.165, 1.54) is 5.56 Å². The molecule has 4 nitrogen and oxygen atoms in total. The highest BCUT2D eigenvalue weighted by molar-refractivity contribution is 6.30. The number of piperidine rings is 1. The zero-order chi connectivity index (χ0) is 25.6. The number of nitrogens with zero attached hydrogens (tertiary/aromatic N) is 2. The summed E-state index contributed by atoms with van der Waals surface area (Å²) in [7, 11) is 0. The number of rotatable bonds is 6. The van der Waals surface area contributed by atoms with Crippen LogP contribution in [-0.4, -0.2) is 53.7 Å². The molecule has 0 N–H and O–H groups in total. The highest BCUT2D eigenvalue weighted by Crippen LogP contribution is 2.44. The fourth-order valence-electron chi connectivity index (χ4n) is 6.22. The first-order chi connectivity index (χ1) is 17.9. The summed E-state index contributed by atoms with van der Waals surface area (Å²) in [6.45, 7) is 3.64. The van der Waals surface area contributed by atoms with Gasteiger partial charge in [-0.3, -0.25) is 9.59 Å². The van der Waals surface area contributed by atoms with Crippen molar-refractivity contribution in [1.29, 1.82) is 0 Å². The van der Waals surface area contributed by atoms with E-state index in [4.69, 9.17) is 23.2 Å². The van der Waals surface area contributed by atoms with Crippen molar-refractivity contribution in [3.63, 3.8) is 0 Å². The molecule has 1 aliphatic carbocycles. The quantitative estimate of drug-likeness (QED) is 0.352. The standard InChI is InChI=1S/C31H30Cl2N2O2/c32-24-9-5-21(6-10-24)28(22-7-11-25(33)12-8-22)30(37)35-20-26(35)13-16-34-17-14-31(15-18-34)19-23-3-1-2-4-27(23)29(31)36/h1-12,26,28H,13-20H2. The number of carbonyl (C=O) groups is 2. The lowest BCUT2D eigenvalue weighted by Gasteiger charge is -2.38. The lowest BCUT2D eigenvalue weighted by Crippen LogP contribution is -2.43. The number of ketones is 1. The SMILES string of the molecule is O=C(C(c1ccc(Cl)cc1)c1ccc(Cl)cc1)N1CC1CCN1CCC2(CC1)Cc1ccccc1C2=O. The summed E-state index contributed by atoms with van der Waals surface area (Å²) in [4.78, 5) is 31.3. The van der Waals surface area contributed by atoms with Gasteiger partial charge in [0.25, 0.3) is 0 Å². The molecular weight excluding hydrogens is 503 g/mol. The van der Waals surface area contributed by atoms with Gasteiger partial charge in [-0.25, -0.2) is 0 Å². The van der Waals surface area contributed by atoms with E-state index >= 15 is 0 Å². The van der Waals surface area contributed by atoms with E-state index in [0.717, 1.165) is 68.6 Å². The zero-order valence-corrected chi connectivity index (χ0v) is 22.2. The predicted molar refractivity (Wildman–Crippen MR) is 147 cm³/mol. The Morgan fingerprint density at radius 3 is 2.08 bits per heavy atom. The van der Waals surface area contributed by atoms with Gasteiger partial charge in [0.05, 0.1) is 12.0 Å². The molecule has 0 aromatic heterocycles. The molecule has 1 spiro atoms. The van der Waals surface area contributed by atoms with Crippen LogP contribution in [0.3, 0.4) is 0 Å². The van der Waals surface area contributed by atoms with Gasteiger partial charge in [0, 0.05) is 34.1 Å². The summed E-state index contributed by atoms with van der Waals surface area (Å²) in [5.74, 6) is 0.100. The minimum atomic E-state index is -0.371. The maximum absolute atomic E-state index is 13.7. The fraction of sp³-hybridized carbons (Fsp3) is 0.355. The number of hydrogen-bond acceptors (Lipinski definition) is 3. The van der Waals surface area contributed by atoms with Crippen molar-refractivity contribution >= 4 is 34.9 Å². The molecule has 1 amide bonds. The first kappa shape index (κ1) is 24.7.